The van der Waals surface area contributed by atoms with E-state index in [-0.39, 0.29) is 4.70 Å². The highest BCUT2D eigenvalue weighted by molar-refractivity contribution is 4.87. The minimum atomic E-state index is 0. The largest absolute Gasteiger partial charge is 0.382 e. The highest BCUT2D eigenvalue weighted by Gasteiger charge is 2.06. The predicted octanol–water partition coefficient (Wildman–Crippen LogP) is 0.436. The maximum Gasteiger partial charge on any atom is 0.120 e. The maximum atomic E-state index is 5.33. The molecule has 5 heteroatoms. The second-order valence-electron chi connectivity index (χ2n) is 2.82. The predicted molar refractivity (Wildman–Crippen MR) is 48.8 cm³/mol. The van der Waals surface area contributed by atoms with Crippen molar-refractivity contribution >= 4 is 0 Å². The number of halogens is 1. The monoisotopic (exact) mass is 192 g/mol. The first-order chi connectivity index (χ1) is 5.83. The van der Waals surface area contributed by atoms with Gasteiger partial charge in [-0.3, -0.25) is 4.70 Å². The van der Waals surface area contributed by atoms with Crippen molar-refractivity contribution in [3.63, 3.8) is 0 Å². The van der Waals surface area contributed by atoms with E-state index in [1.807, 2.05) is 19.4 Å². The van der Waals surface area contributed by atoms with Gasteiger partial charge in [-0.15, -0.1) is 0 Å². The number of rotatable bonds is 5. The molecule has 0 radical (unpaired) electrons. The van der Waals surface area contributed by atoms with Crippen LogP contribution >= 0.6 is 0 Å². The van der Waals surface area contributed by atoms with E-state index in [4.69, 9.17) is 9.47 Å². The smallest absolute Gasteiger partial charge is 0.120 e. The fraction of sp³-hybridized carbons (Fsp3) is 0.750. The Kier molecular flexibility index (Phi) is 6.26. The molecule has 0 fully saturated rings. The minimum Gasteiger partial charge on any atom is -0.382 e. The van der Waals surface area contributed by atoms with E-state index in [0.29, 0.717) is 19.9 Å². The molecule has 0 aromatic heterocycles. The van der Waals surface area contributed by atoms with Crippen LogP contribution in [-0.4, -0.2) is 50.6 Å². The van der Waals surface area contributed by atoms with Crippen molar-refractivity contribution < 1.29 is 14.2 Å². The Morgan fingerprint density at radius 2 is 2.08 bits per heavy atom. The van der Waals surface area contributed by atoms with Crippen molar-refractivity contribution in [2.75, 3.05) is 40.8 Å². The molecule has 0 amide bonds. The van der Waals surface area contributed by atoms with Crippen LogP contribution in [0, 0.1) is 0 Å². The van der Waals surface area contributed by atoms with Gasteiger partial charge in [0.05, 0.1) is 19.9 Å². The molecule has 13 heavy (non-hydrogen) atoms. The summed E-state index contributed by atoms with van der Waals surface area (Å²) in [6.45, 7) is 2.87. The molecule has 1 heterocycles. The fourth-order valence-electron chi connectivity index (χ4n) is 0.997. The SMILES string of the molecule is COCCOCN1C=CN(C)C1.F. The molecule has 1 aliphatic heterocycles. The number of methoxy groups -OCH3 is 1. The zero-order valence-electron chi connectivity index (χ0n) is 8.10. The van der Waals surface area contributed by atoms with Gasteiger partial charge in [-0.25, -0.2) is 0 Å². The van der Waals surface area contributed by atoms with E-state index in [9.17, 15) is 0 Å². The Balaban J connectivity index is 0.00000144. The molecule has 4 nitrogen and oxygen atoms in total. The number of hydrogen-bond acceptors (Lipinski definition) is 4. The molecule has 1 rings (SSSR count). The van der Waals surface area contributed by atoms with Gasteiger partial charge in [-0.05, 0) is 0 Å². The van der Waals surface area contributed by atoms with Gasteiger partial charge >= 0.3 is 0 Å². The summed E-state index contributed by atoms with van der Waals surface area (Å²) in [5.74, 6) is 0. The summed E-state index contributed by atoms with van der Waals surface area (Å²) in [5, 5.41) is 0. The lowest BCUT2D eigenvalue weighted by atomic mass is 10.7. The molecular formula is C8H17FN2O2. The third kappa shape index (κ3) is 4.69. The van der Waals surface area contributed by atoms with Crippen LogP contribution in [0.2, 0.25) is 0 Å². The lowest BCUT2D eigenvalue weighted by molar-refractivity contribution is 0.0170. The first kappa shape index (κ1) is 12.2. The van der Waals surface area contributed by atoms with Gasteiger partial charge < -0.3 is 19.3 Å². The van der Waals surface area contributed by atoms with Crippen LogP contribution in [0.5, 0.6) is 0 Å². The summed E-state index contributed by atoms with van der Waals surface area (Å²) in [6.07, 6.45) is 4.05. The van der Waals surface area contributed by atoms with Crippen molar-refractivity contribution in [1.29, 1.82) is 0 Å². The summed E-state index contributed by atoms with van der Waals surface area (Å²) in [5.41, 5.74) is 0. The lowest BCUT2D eigenvalue weighted by Crippen LogP contribution is -2.25. The summed E-state index contributed by atoms with van der Waals surface area (Å²) >= 11 is 0. The fourth-order valence-corrected chi connectivity index (χ4v) is 0.997. The van der Waals surface area contributed by atoms with Crippen molar-refractivity contribution in [3.05, 3.63) is 12.4 Å². The lowest BCUT2D eigenvalue weighted by Gasteiger charge is -2.17. The molecule has 78 valence electrons. The zero-order chi connectivity index (χ0) is 8.81. The Labute approximate surface area is 78.1 Å². The topological polar surface area (TPSA) is 24.9 Å². The van der Waals surface area contributed by atoms with Gasteiger partial charge in [0, 0.05) is 26.6 Å². The van der Waals surface area contributed by atoms with Crippen LogP contribution in [0.3, 0.4) is 0 Å². The van der Waals surface area contributed by atoms with E-state index in [2.05, 4.69) is 9.80 Å². The number of ether oxygens (including phenoxy) is 2. The second-order valence-corrected chi connectivity index (χ2v) is 2.82. The highest BCUT2D eigenvalue weighted by Crippen LogP contribution is 2.02. The third-order valence-electron chi connectivity index (χ3n) is 1.63. The molecule has 0 unspecified atom stereocenters. The molecule has 0 atom stereocenters. The van der Waals surface area contributed by atoms with Crippen LogP contribution in [0.25, 0.3) is 0 Å². The molecule has 0 saturated carbocycles. The van der Waals surface area contributed by atoms with Gasteiger partial charge in [-0.2, -0.15) is 0 Å². The average molecular weight is 192 g/mol. The molecule has 0 aromatic carbocycles. The molecule has 0 spiro atoms. The first-order valence-electron chi connectivity index (χ1n) is 4.02. The average Bonchev–Trinajstić information content (AvgIpc) is 2.45. The summed E-state index contributed by atoms with van der Waals surface area (Å²) in [4.78, 5) is 4.19. The molecule has 0 saturated heterocycles. The van der Waals surface area contributed by atoms with Crippen LogP contribution in [0.1, 0.15) is 0 Å². The van der Waals surface area contributed by atoms with Crippen molar-refractivity contribution in [2.45, 2.75) is 0 Å². The van der Waals surface area contributed by atoms with Gasteiger partial charge in [-0.1, -0.05) is 0 Å². The Hall–Kier alpha value is -0.810. The number of hydrogen-bond donors (Lipinski definition) is 0. The van der Waals surface area contributed by atoms with Crippen molar-refractivity contribution in [3.8, 4) is 0 Å². The van der Waals surface area contributed by atoms with E-state index < -0.39 is 0 Å². The summed E-state index contributed by atoms with van der Waals surface area (Å²) in [7, 11) is 3.71. The van der Waals surface area contributed by atoms with Crippen LogP contribution in [-0.2, 0) is 9.47 Å². The van der Waals surface area contributed by atoms with Crippen LogP contribution in [0.4, 0.5) is 4.70 Å². The first-order valence-corrected chi connectivity index (χ1v) is 4.02. The van der Waals surface area contributed by atoms with Crippen molar-refractivity contribution in [1.82, 2.24) is 9.80 Å². The quantitative estimate of drug-likeness (QED) is 0.590. The Morgan fingerprint density at radius 3 is 2.62 bits per heavy atom. The van der Waals surface area contributed by atoms with Crippen molar-refractivity contribution in [2.24, 2.45) is 0 Å². The molecule has 0 bridgehead atoms. The van der Waals surface area contributed by atoms with Gasteiger partial charge in [0.2, 0.25) is 0 Å². The van der Waals surface area contributed by atoms with E-state index >= 15 is 0 Å². The molecule has 1 aliphatic rings. The second kappa shape index (κ2) is 6.68. The van der Waals surface area contributed by atoms with E-state index in [1.165, 1.54) is 0 Å². The molecular weight excluding hydrogens is 175 g/mol. The minimum absolute atomic E-state index is 0. The normalized spacial score (nSPS) is 14.9. The van der Waals surface area contributed by atoms with E-state index in [0.717, 1.165) is 6.67 Å². The Morgan fingerprint density at radius 1 is 1.31 bits per heavy atom. The molecule has 0 N–H and O–H groups in total. The molecule has 0 aromatic rings. The van der Waals surface area contributed by atoms with Gasteiger partial charge in [0.25, 0.3) is 0 Å². The maximum absolute atomic E-state index is 5.33. The summed E-state index contributed by atoms with van der Waals surface area (Å²) in [6, 6.07) is 0. The standard InChI is InChI=1S/C8H16N2O2.FH/c1-9-3-4-10(7-9)8-12-6-5-11-2;/h3-4H,5-8H2,1-2H3;1H. The summed E-state index contributed by atoms with van der Waals surface area (Å²) < 4.78 is 10.2. The van der Waals surface area contributed by atoms with Crippen LogP contribution in [0.15, 0.2) is 12.4 Å². The van der Waals surface area contributed by atoms with E-state index in [1.54, 1.807) is 7.11 Å². The Bertz CT molecular complexity index is 155. The van der Waals surface area contributed by atoms with Crippen LogP contribution < -0.4 is 0 Å². The third-order valence-corrected chi connectivity index (χ3v) is 1.63. The molecule has 0 aliphatic carbocycles. The zero-order valence-corrected chi connectivity index (χ0v) is 8.10. The van der Waals surface area contributed by atoms with Gasteiger partial charge in [0.15, 0.2) is 0 Å². The highest BCUT2D eigenvalue weighted by atomic mass is 19.0. The number of nitrogens with zero attached hydrogens (tertiary/aromatic N) is 2. The van der Waals surface area contributed by atoms with Gasteiger partial charge in [0.1, 0.15) is 6.73 Å².